The summed E-state index contributed by atoms with van der Waals surface area (Å²) in [7, 11) is 1.38. The second kappa shape index (κ2) is 6.96. The average Bonchev–Trinajstić information content (AvgIpc) is 3.05. The number of aromatic nitrogens is 1. The minimum atomic E-state index is -0.516. The number of hydrogen-bond donors (Lipinski definition) is 3. The van der Waals surface area contributed by atoms with Crippen LogP contribution in [0.5, 0.6) is 11.5 Å². The molecular weight excluding hydrogens is 374 g/mol. The normalized spacial score (nSPS) is 10.6. The molecule has 0 aliphatic carbocycles. The lowest BCUT2D eigenvalue weighted by molar-refractivity contribution is -0.384. The van der Waals surface area contributed by atoms with Gasteiger partial charge in [-0.05, 0) is 12.1 Å². The molecule has 0 fully saturated rings. The molecule has 3 rings (SSSR count). The maximum atomic E-state index is 12.3. The Morgan fingerprint density at radius 1 is 1.30 bits per heavy atom. The number of nitro groups is 1. The molecule has 0 unspecified atom stereocenters. The van der Waals surface area contributed by atoms with E-state index in [1.807, 2.05) is 0 Å². The number of fused-ring (bicyclic) bond motifs is 1. The standard InChI is InChI=1S/C17H14ClN5O4/c1-22(17(19)20)16(24)15-8-12-13(18)6-11(7-14(12)21-15)27-10-4-2-3-9(5-10)23(25)26/h2-8,21H,1H3,(H3,19,20). The molecule has 10 heteroatoms. The van der Waals surface area contributed by atoms with Gasteiger partial charge in [0.25, 0.3) is 11.6 Å². The van der Waals surface area contributed by atoms with Crippen LogP contribution in [0, 0.1) is 15.5 Å². The lowest BCUT2D eigenvalue weighted by Gasteiger charge is -2.12. The average molecular weight is 388 g/mol. The fraction of sp³-hybridized carbons (Fsp3) is 0.0588. The number of nitro benzene ring substituents is 1. The molecule has 1 aromatic heterocycles. The van der Waals surface area contributed by atoms with Gasteiger partial charge in [-0.25, -0.2) is 0 Å². The first-order chi connectivity index (χ1) is 12.8. The molecule has 0 radical (unpaired) electrons. The summed E-state index contributed by atoms with van der Waals surface area (Å²) in [5.41, 5.74) is 5.96. The molecule has 4 N–H and O–H groups in total. The number of hydrogen-bond acceptors (Lipinski definition) is 5. The number of ether oxygens (including phenoxy) is 1. The van der Waals surface area contributed by atoms with Crippen LogP contribution in [0.15, 0.2) is 42.5 Å². The zero-order valence-corrected chi connectivity index (χ0v) is 14.8. The first-order valence-corrected chi connectivity index (χ1v) is 8.00. The van der Waals surface area contributed by atoms with Crippen molar-refractivity contribution in [2.24, 2.45) is 5.73 Å². The molecule has 27 heavy (non-hydrogen) atoms. The van der Waals surface area contributed by atoms with E-state index in [4.69, 9.17) is 27.5 Å². The first-order valence-electron chi connectivity index (χ1n) is 7.63. The molecule has 0 bridgehead atoms. The van der Waals surface area contributed by atoms with Gasteiger partial charge in [-0.3, -0.25) is 25.2 Å². The maximum absolute atomic E-state index is 12.3. The number of amides is 1. The van der Waals surface area contributed by atoms with E-state index in [-0.39, 0.29) is 23.1 Å². The smallest absolute Gasteiger partial charge is 0.276 e. The lowest BCUT2D eigenvalue weighted by atomic mass is 10.2. The molecule has 0 aliphatic rings. The Morgan fingerprint density at radius 2 is 2.04 bits per heavy atom. The van der Waals surface area contributed by atoms with E-state index < -0.39 is 10.8 Å². The number of nitrogens with zero attached hydrogens (tertiary/aromatic N) is 2. The van der Waals surface area contributed by atoms with Crippen LogP contribution in [-0.4, -0.2) is 33.7 Å². The number of carbonyl (C=O) groups is 1. The number of aromatic amines is 1. The minimum absolute atomic E-state index is 0.0975. The summed E-state index contributed by atoms with van der Waals surface area (Å²) in [4.78, 5) is 26.5. The number of carbonyl (C=O) groups excluding carboxylic acids is 1. The fourth-order valence-electron chi connectivity index (χ4n) is 2.43. The summed E-state index contributed by atoms with van der Waals surface area (Å²) in [5.74, 6) is -0.261. The molecule has 138 valence electrons. The van der Waals surface area contributed by atoms with Crippen LogP contribution < -0.4 is 10.5 Å². The predicted molar refractivity (Wildman–Crippen MR) is 100 cm³/mol. The van der Waals surface area contributed by atoms with Crippen molar-refractivity contribution in [3.63, 3.8) is 0 Å². The van der Waals surface area contributed by atoms with Gasteiger partial charge >= 0.3 is 0 Å². The molecule has 9 nitrogen and oxygen atoms in total. The number of H-pyrrole nitrogens is 1. The van der Waals surface area contributed by atoms with Crippen LogP contribution in [0.3, 0.4) is 0 Å². The lowest BCUT2D eigenvalue weighted by Crippen LogP contribution is -2.38. The Bertz CT molecular complexity index is 1080. The van der Waals surface area contributed by atoms with Gasteiger partial charge in [0.15, 0.2) is 5.96 Å². The minimum Gasteiger partial charge on any atom is -0.457 e. The number of nitrogens with one attached hydrogen (secondary N) is 2. The maximum Gasteiger partial charge on any atom is 0.276 e. The monoisotopic (exact) mass is 387 g/mol. The molecule has 0 atom stereocenters. The molecule has 1 amide bonds. The molecule has 0 aliphatic heterocycles. The van der Waals surface area contributed by atoms with Gasteiger partial charge in [0.05, 0.1) is 21.5 Å². The van der Waals surface area contributed by atoms with Crippen LogP contribution in [0.2, 0.25) is 5.02 Å². The molecule has 3 aromatic rings. The predicted octanol–water partition coefficient (Wildman–Crippen LogP) is 3.49. The highest BCUT2D eigenvalue weighted by molar-refractivity contribution is 6.35. The molecule has 0 saturated heterocycles. The molecule has 1 heterocycles. The number of halogens is 1. The van der Waals surface area contributed by atoms with Crippen LogP contribution in [0.25, 0.3) is 10.9 Å². The number of guanidine groups is 1. The van der Waals surface area contributed by atoms with Crippen molar-refractivity contribution < 1.29 is 14.5 Å². The number of non-ortho nitro benzene ring substituents is 1. The van der Waals surface area contributed by atoms with E-state index in [1.54, 1.807) is 24.3 Å². The highest BCUT2D eigenvalue weighted by Gasteiger charge is 2.18. The van der Waals surface area contributed by atoms with Gasteiger partial charge in [0, 0.05) is 30.6 Å². The Morgan fingerprint density at radius 3 is 2.70 bits per heavy atom. The molecular formula is C17H14ClN5O4. The third-order valence-electron chi connectivity index (χ3n) is 3.82. The van der Waals surface area contributed by atoms with Crippen LogP contribution in [0.4, 0.5) is 5.69 Å². The van der Waals surface area contributed by atoms with Crippen molar-refractivity contribution in [3.8, 4) is 11.5 Å². The van der Waals surface area contributed by atoms with E-state index in [2.05, 4.69) is 4.98 Å². The zero-order valence-electron chi connectivity index (χ0n) is 14.0. The van der Waals surface area contributed by atoms with Crippen molar-refractivity contribution in [1.29, 1.82) is 5.41 Å². The largest absolute Gasteiger partial charge is 0.457 e. The Balaban J connectivity index is 1.95. The Kier molecular flexibility index (Phi) is 4.70. The van der Waals surface area contributed by atoms with E-state index >= 15 is 0 Å². The van der Waals surface area contributed by atoms with E-state index in [0.717, 1.165) is 4.90 Å². The molecule has 0 saturated carbocycles. The van der Waals surface area contributed by atoms with Gasteiger partial charge < -0.3 is 15.5 Å². The summed E-state index contributed by atoms with van der Waals surface area (Å²) in [5, 5.41) is 19.1. The van der Waals surface area contributed by atoms with Gasteiger partial charge in [0.1, 0.15) is 17.2 Å². The van der Waals surface area contributed by atoms with Crippen molar-refractivity contribution in [2.75, 3.05) is 7.05 Å². The Labute approximate surface area is 157 Å². The highest BCUT2D eigenvalue weighted by atomic mass is 35.5. The number of benzene rings is 2. The van der Waals surface area contributed by atoms with Crippen molar-refractivity contribution in [1.82, 2.24) is 9.88 Å². The molecule has 2 aromatic carbocycles. The van der Waals surface area contributed by atoms with E-state index in [1.165, 1.54) is 25.2 Å². The summed E-state index contributed by atoms with van der Waals surface area (Å²) in [6, 6.07) is 10.5. The Hall–Kier alpha value is -3.59. The fourth-order valence-corrected chi connectivity index (χ4v) is 2.69. The SMILES string of the molecule is CN(C(=N)N)C(=O)c1cc2c(Cl)cc(Oc3cccc([N+](=O)[O-])c3)cc2[nH]1. The quantitative estimate of drug-likeness (QED) is 0.272. The summed E-state index contributed by atoms with van der Waals surface area (Å²) in [6.07, 6.45) is 0. The van der Waals surface area contributed by atoms with Crippen LogP contribution in [-0.2, 0) is 0 Å². The number of nitrogens with two attached hydrogens (primary N) is 1. The molecule has 0 spiro atoms. The van der Waals surface area contributed by atoms with Crippen molar-refractivity contribution >= 4 is 40.1 Å². The van der Waals surface area contributed by atoms with Gasteiger partial charge in [0.2, 0.25) is 0 Å². The van der Waals surface area contributed by atoms with Crippen molar-refractivity contribution in [3.05, 3.63) is 63.3 Å². The van der Waals surface area contributed by atoms with Crippen LogP contribution >= 0.6 is 11.6 Å². The number of rotatable bonds is 4. The van der Waals surface area contributed by atoms with Crippen molar-refractivity contribution in [2.45, 2.75) is 0 Å². The first kappa shape index (κ1) is 18.2. The summed E-state index contributed by atoms with van der Waals surface area (Å²) < 4.78 is 5.66. The second-order valence-corrected chi connectivity index (χ2v) is 6.06. The summed E-state index contributed by atoms with van der Waals surface area (Å²) in [6.45, 7) is 0. The van der Waals surface area contributed by atoms with E-state index in [9.17, 15) is 14.9 Å². The van der Waals surface area contributed by atoms with Crippen LogP contribution in [0.1, 0.15) is 10.5 Å². The van der Waals surface area contributed by atoms with Gasteiger partial charge in [-0.15, -0.1) is 0 Å². The second-order valence-electron chi connectivity index (χ2n) is 5.66. The zero-order chi connectivity index (χ0) is 19.7. The topological polar surface area (TPSA) is 138 Å². The van der Waals surface area contributed by atoms with Gasteiger partial charge in [-0.1, -0.05) is 17.7 Å². The van der Waals surface area contributed by atoms with Gasteiger partial charge in [-0.2, -0.15) is 0 Å². The third-order valence-corrected chi connectivity index (χ3v) is 4.13. The van der Waals surface area contributed by atoms with E-state index in [0.29, 0.717) is 21.7 Å². The summed E-state index contributed by atoms with van der Waals surface area (Å²) >= 11 is 6.27. The third kappa shape index (κ3) is 3.67. The highest BCUT2D eigenvalue weighted by Crippen LogP contribution is 2.33.